The molecule has 3 heterocycles. The number of pyridine rings is 1. The van der Waals surface area contributed by atoms with Gasteiger partial charge in [0.25, 0.3) is 5.91 Å². The maximum Gasteiger partial charge on any atom is 0.254 e. The molecule has 32 heavy (non-hydrogen) atoms. The summed E-state index contributed by atoms with van der Waals surface area (Å²) in [7, 11) is 3.14. The van der Waals surface area contributed by atoms with Gasteiger partial charge in [0, 0.05) is 49.2 Å². The van der Waals surface area contributed by atoms with E-state index in [9.17, 15) is 4.79 Å². The predicted octanol–water partition coefficient (Wildman–Crippen LogP) is 3.14. The van der Waals surface area contributed by atoms with E-state index in [1.807, 2.05) is 36.9 Å². The van der Waals surface area contributed by atoms with Gasteiger partial charge in [-0.05, 0) is 44.2 Å². The molecule has 1 aliphatic rings. The third-order valence-corrected chi connectivity index (χ3v) is 5.75. The first-order chi connectivity index (χ1) is 15.5. The van der Waals surface area contributed by atoms with Gasteiger partial charge in [-0.1, -0.05) is 6.07 Å². The highest BCUT2D eigenvalue weighted by Gasteiger charge is 2.25. The van der Waals surface area contributed by atoms with Crippen LogP contribution in [0.3, 0.4) is 0 Å². The molecule has 8 nitrogen and oxygen atoms in total. The highest BCUT2D eigenvalue weighted by molar-refractivity contribution is 5.95. The summed E-state index contributed by atoms with van der Waals surface area (Å²) in [4.78, 5) is 31.0. The van der Waals surface area contributed by atoms with Crippen molar-refractivity contribution in [3.63, 3.8) is 0 Å². The van der Waals surface area contributed by atoms with E-state index >= 15 is 0 Å². The highest BCUT2D eigenvalue weighted by Crippen LogP contribution is 2.29. The molecular weight excluding hydrogens is 406 g/mol. The van der Waals surface area contributed by atoms with Gasteiger partial charge in [0.15, 0.2) is 17.3 Å². The van der Waals surface area contributed by atoms with Crippen LogP contribution < -0.4 is 14.4 Å². The van der Waals surface area contributed by atoms with Gasteiger partial charge in [0.2, 0.25) is 0 Å². The number of piperazine rings is 1. The zero-order chi connectivity index (χ0) is 22.7. The molecule has 0 bridgehead atoms. The first-order valence-corrected chi connectivity index (χ1v) is 10.5. The van der Waals surface area contributed by atoms with Crippen LogP contribution in [0.1, 0.15) is 21.6 Å². The van der Waals surface area contributed by atoms with Crippen LogP contribution in [0.5, 0.6) is 11.5 Å². The zero-order valence-corrected chi connectivity index (χ0v) is 18.8. The van der Waals surface area contributed by atoms with Crippen molar-refractivity contribution in [1.82, 2.24) is 19.9 Å². The summed E-state index contributed by atoms with van der Waals surface area (Å²) in [6.07, 6.45) is 1.74. The minimum atomic E-state index is -0.0182. The van der Waals surface area contributed by atoms with Crippen molar-refractivity contribution in [1.29, 1.82) is 0 Å². The van der Waals surface area contributed by atoms with Crippen molar-refractivity contribution in [2.24, 2.45) is 0 Å². The van der Waals surface area contributed by atoms with E-state index in [4.69, 9.17) is 14.5 Å². The number of carbonyl (C=O) groups excluding carboxylic acids is 1. The molecule has 3 aromatic rings. The van der Waals surface area contributed by atoms with E-state index in [-0.39, 0.29) is 5.91 Å². The fourth-order valence-electron chi connectivity index (χ4n) is 3.80. The molecule has 166 valence electrons. The largest absolute Gasteiger partial charge is 0.493 e. The topological polar surface area (TPSA) is 80.7 Å². The van der Waals surface area contributed by atoms with Crippen LogP contribution >= 0.6 is 0 Å². The van der Waals surface area contributed by atoms with Gasteiger partial charge in [-0.3, -0.25) is 9.78 Å². The SMILES string of the molecule is COc1ccc(C(=O)N2CCN(c3nc(-c4ccccn4)nc(C)c3C)CC2)cc1OC. The molecule has 0 spiro atoms. The smallest absolute Gasteiger partial charge is 0.254 e. The number of ether oxygens (including phenoxy) is 2. The lowest BCUT2D eigenvalue weighted by Gasteiger charge is -2.36. The Bertz CT molecular complexity index is 1110. The second-order valence-corrected chi connectivity index (χ2v) is 7.65. The van der Waals surface area contributed by atoms with E-state index in [0.29, 0.717) is 49.1 Å². The lowest BCUT2D eigenvalue weighted by Crippen LogP contribution is -2.49. The van der Waals surface area contributed by atoms with Gasteiger partial charge in [-0.2, -0.15) is 0 Å². The van der Waals surface area contributed by atoms with Crippen molar-refractivity contribution in [3.8, 4) is 23.0 Å². The molecule has 0 atom stereocenters. The minimum Gasteiger partial charge on any atom is -0.493 e. The molecule has 0 radical (unpaired) electrons. The van der Waals surface area contributed by atoms with Gasteiger partial charge in [0.05, 0.1) is 14.2 Å². The lowest BCUT2D eigenvalue weighted by atomic mass is 10.1. The van der Waals surface area contributed by atoms with Crippen molar-refractivity contribution in [2.45, 2.75) is 13.8 Å². The summed E-state index contributed by atoms with van der Waals surface area (Å²) in [6, 6.07) is 11.0. The fraction of sp³-hybridized carbons (Fsp3) is 0.333. The third kappa shape index (κ3) is 4.21. The van der Waals surface area contributed by atoms with E-state index < -0.39 is 0 Å². The molecule has 0 aliphatic carbocycles. The summed E-state index contributed by atoms with van der Waals surface area (Å²) in [5.74, 6) is 2.65. The minimum absolute atomic E-state index is 0.0182. The number of nitrogens with zero attached hydrogens (tertiary/aromatic N) is 5. The number of anilines is 1. The second kappa shape index (κ2) is 9.21. The van der Waals surface area contributed by atoms with E-state index in [2.05, 4.69) is 14.9 Å². The molecule has 0 N–H and O–H groups in total. The van der Waals surface area contributed by atoms with E-state index in [1.54, 1.807) is 38.6 Å². The summed E-state index contributed by atoms with van der Waals surface area (Å²) in [5, 5.41) is 0. The van der Waals surface area contributed by atoms with Crippen molar-refractivity contribution in [2.75, 3.05) is 45.3 Å². The average molecular weight is 434 g/mol. The molecule has 1 fully saturated rings. The van der Waals surface area contributed by atoms with Crippen LogP contribution in [0.25, 0.3) is 11.5 Å². The number of methoxy groups -OCH3 is 2. The van der Waals surface area contributed by atoms with Crippen LogP contribution in [0, 0.1) is 13.8 Å². The quantitative estimate of drug-likeness (QED) is 0.611. The lowest BCUT2D eigenvalue weighted by molar-refractivity contribution is 0.0746. The Labute approximate surface area is 187 Å². The Balaban J connectivity index is 1.50. The monoisotopic (exact) mass is 433 g/mol. The second-order valence-electron chi connectivity index (χ2n) is 7.65. The number of aryl methyl sites for hydroxylation is 1. The Morgan fingerprint density at radius 1 is 0.938 bits per heavy atom. The molecule has 1 aromatic carbocycles. The average Bonchev–Trinajstić information content (AvgIpc) is 2.85. The molecule has 0 unspecified atom stereocenters. The Hall–Kier alpha value is -3.68. The molecule has 1 aliphatic heterocycles. The number of hydrogen-bond acceptors (Lipinski definition) is 7. The molecule has 2 aromatic heterocycles. The first-order valence-electron chi connectivity index (χ1n) is 10.5. The number of aromatic nitrogens is 3. The Morgan fingerprint density at radius 3 is 2.34 bits per heavy atom. The standard InChI is InChI=1S/C24H27N5O3/c1-16-17(2)26-22(19-7-5-6-10-25-19)27-23(16)28-11-13-29(14-12-28)24(30)18-8-9-20(31-3)21(15-18)32-4/h5-10,15H,11-14H2,1-4H3. The highest BCUT2D eigenvalue weighted by atomic mass is 16.5. The maximum atomic E-state index is 13.0. The molecule has 1 amide bonds. The molecular formula is C24H27N5O3. The first kappa shape index (κ1) is 21.5. The van der Waals surface area contributed by atoms with Gasteiger partial charge < -0.3 is 19.3 Å². The van der Waals surface area contributed by atoms with Crippen LogP contribution in [-0.4, -0.2) is 66.2 Å². The summed E-state index contributed by atoms with van der Waals surface area (Å²) in [5.41, 5.74) is 3.31. The Morgan fingerprint density at radius 2 is 1.69 bits per heavy atom. The Kier molecular flexibility index (Phi) is 6.20. The number of carbonyl (C=O) groups is 1. The van der Waals surface area contributed by atoms with Crippen molar-refractivity contribution in [3.05, 3.63) is 59.4 Å². The van der Waals surface area contributed by atoms with Gasteiger partial charge in [-0.15, -0.1) is 0 Å². The molecule has 4 rings (SSSR count). The van der Waals surface area contributed by atoms with Crippen LogP contribution in [-0.2, 0) is 0 Å². The van der Waals surface area contributed by atoms with Crippen LogP contribution in [0.15, 0.2) is 42.6 Å². The number of rotatable bonds is 5. The van der Waals surface area contributed by atoms with Crippen LogP contribution in [0.2, 0.25) is 0 Å². The normalized spacial score (nSPS) is 13.8. The third-order valence-electron chi connectivity index (χ3n) is 5.75. The maximum absolute atomic E-state index is 13.0. The zero-order valence-electron chi connectivity index (χ0n) is 18.8. The van der Waals surface area contributed by atoms with Gasteiger partial charge in [-0.25, -0.2) is 9.97 Å². The van der Waals surface area contributed by atoms with Gasteiger partial charge in [0.1, 0.15) is 11.5 Å². The number of amides is 1. The summed E-state index contributed by atoms with van der Waals surface area (Å²) >= 11 is 0. The fourth-order valence-corrected chi connectivity index (χ4v) is 3.80. The van der Waals surface area contributed by atoms with Crippen LogP contribution in [0.4, 0.5) is 5.82 Å². The number of hydrogen-bond donors (Lipinski definition) is 0. The van der Waals surface area contributed by atoms with Crippen molar-refractivity contribution >= 4 is 11.7 Å². The molecule has 0 saturated carbocycles. The van der Waals surface area contributed by atoms with Gasteiger partial charge >= 0.3 is 0 Å². The molecule has 8 heteroatoms. The van der Waals surface area contributed by atoms with E-state index in [1.165, 1.54) is 0 Å². The summed E-state index contributed by atoms with van der Waals surface area (Å²) in [6.45, 7) is 6.62. The summed E-state index contributed by atoms with van der Waals surface area (Å²) < 4.78 is 10.6. The number of benzene rings is 1. The predicted molar refractivity (Wildman–Crippen MR) is 122 cm³/mol. The molecule has 1 saturated heterocycles. The van der Waals surface area contributed by atoms with E-state index in [0.717, 1.165) is 22.8 Å². The van der Waals surface area contributed by atoms with Crippen molar-refractivity contribution < 1.29 is 14.3 Å².